The van der Waals surface area contributed by atoms with Crippen LogP contribution in [0, 0.1) is 0 Å². The molecule has 0 fully saturated rings. The Kier molecular flexibility index (Phi) is 4.00. The van der Waals surface area contributed by atoms with E-state index in [1.807, 2.05) is 12.1 Å². The first-order chi connectivity index (χ1) is 8.97. The molecule has 0 saturated heterocycles. The van der Waals surface area contributed by atoms with Crippen LogP contribution >= 0.6 is 0 Å². The summed E-state index contributed by atoms with van der Waals surface area (Å²) >= 11 is 0. The quantitative estimate of drug-likeness (QED) is 0.824. The maximum atomic E-state index is 10.0. The minimum Gasteiger partial charge on any atom is -0.458 e. The summed E-state index contributed by atoms with van der Waals surface area (Å²) in [5.41, 5.74) is 2.36. The molecule has 0 aliphatic rings. The van der Waals surface area contributed by atoms with Gasteiger partial charge in [-0.25, -0.2) is 0 Å². The smallest absolute Gasteiger partial charge is 0.134 e. The van der Waals surface area contributed by atoms with Crippen LogP contribution in [0.4, 0.5) is 0 Å². The Balaban J connectivity index is 2.39. The van der Waals surface area contributed by atoms with E-state index < -0.39 is 6.10 Å². The van der Waals surface area contributed by atoms with Crippen molar-refractivity contribution >= 4 is 11.0 Å². The van der Waals surface area contributed by atoms with Gasteiger partial charge in [0.2, 0.25) is 0 Å². The summed E-state index contributed by atoms with van der Waals surface area (Å²) in [6.45, 7) is 8.77. The maximum Gasteiger partial charge on any atom is 0.134 e. The Morgan fingerprint density at radius 3 is 2.58 bits per heavy atom. The van der Waals surface area contributed by atoms with Crippen molar-refractivity contribution in [2.75, 3.05) is 0 Å². The zero-order valence-corrected chi connectivity index (χ0v) is 12.4. The highest BCUT2D eigenvalue weighted by atomic mass is 16.4. The van der Waals surface area contributed by atoms with Gasteiger partial charge in [-0.05, 0) is 42.0 Å². The Labute approximate surface area is 115 Å². The minimum atomic E-state index is -0.486. The van der Waals surface area contributed by atoms with Crippen LogP contribution in [-0.2, 0) is 5.41 Å². The van der Waals surface area contributed by atoms with Crippen molar-refractivity contribution in [3.63, 3.8) is 0 Å². The molecular weight excluding hydrogens is 236 g/mol. The molecule has 1 unspecified atom stereocenters. The van der Waals surface area contributed by atoms with Crippen LogP contribution in [0.3, 0.4) is 0 Å². The van der Waals surface area contributed by atoms with Crippen molar-refractivity contribution in [3.05, 3.63) is 35.6 Å². The molecule has 2 nitrogen and oxygen atoms in total. The van der Waals surface area contributed by atoms with Gasteiger partial charge in [0.15, 0.2) is 0 Å². The number of aliphatic hydroxyl groups excluding tert-OH is 1. The van der Waals surface area contributed by atoms with E-state index in [2.05, 4.69) is 39.8 Å². The summed E-state index contributed by atoms with van der Waals surface area (Å²) in [5, 5.41) is 11.1. The predicted octanol–water partition coefficient (Wildman–Crippen LogP) is 4.95. The molecule has 0 amide bonds. The molecule has 0 bridgehead atoms. The average Bonchev–Trinajstić information content (AvgIpc) is 2.81. The fourth-order valence-corrected chi connectivity index (χ4v) is 2.27. The van der Waals surface area contributed by atoms with Crippen molar-refractivity contribution in [2.45, 2.75) is 58.5 Å². The van der Waals surface area contributed by atoms with Crippen LogP contribution in [0.5, 0.6) is 0 Å². The van der Waals surface area contributed by atoms with Crippen LogP contribution in [0.15, 0.2) is 28.7 Å². The zero-order chi connectivity index (χ0) is 14.0. The van der Waals surface area contributed by atoms with Gasteiger partial charge in [-0.2, -0.15) is 0 Å². The first-order valence-electron chi connectivity index (χ1n) is 7.20. The first kappa shape index (κ1) is 14.1. The molecule has 19 heavy (non-hydrogen) atoms. The second-order valence-corrected chi connectivity index (χ2v) is 5.94. The van der Waals surface area contributed by atoms with Crippen molar-refractivity contribution in [2.24, 2.45) is 0 Å². The Morgan fingerprint density at radius 1 is 1.21 bits per heavy atom. The van der Waals surface area contributed by atoms with Crippen LogP contribution in [0.25, 0.3) is 11.0 Å². The number of benzene rings is 1. The molecule has 0 spiro atoms. The van der Waals surface area contributed by atoms with Crippen molar-refractivity contribution in [1.82, 2.24) is 0 Å². The predicted molar refractivity (Wildman–Crippen MR) is 79.4 cm³/mol. The van der Waals surface area contributed by atoms with E-state index in [0.717, 1.165) is 30.2 Å². The lowest BCUT2D eigenvalue weighted by atomic mass is 9.82. The molecule has 0 saturated carbocycles. The number of rotatable bonds is 5. The van der Waals surface area contributed by atoms with Gasteiger partial charge in [-0.3, -0.25) is 0 Å². The summed E-state index contributed by atoms with van der Waals surface area (Å²) < 4.78 is 5.73. The van der Waals surface area contributed by atoms with E-state index >= 15 is 0 Å². The summed E-state index contributed by atoms with van der Waals surface area (Å²) in [5.74, 6) is 0.684. The largest absolute Gasteiger partial charge is 0.458 e. The summed E-state index contributed by atoms with van der Waals surface area (Å²) in [4.78, 5) is 0. The van der Waals surface area contributed by atoms with E-state index in [4.69, 9.17) is 4.42 Å². The molecule has 0 aliphatic heterocycles. The highest BCUT2D eigenvalue weighted by Crippen LogP contribution is 2.32. The molecule has 0 aliphatic carbocycles. The van der Waals surface area contributed by atoms with Gasteiger partial charge in [0.1, 0.15) is 17.4 Å². The van der Waals surface area contributed by atoms with Crippen molar-refractivity contribution in [1.29, 1.82) is 0 Å². The van der Waals surface area contributed by atoms with Crippen molar-refractivity contribution < 1.29 is 9.52 Å². The average molecular weight is 260 g/mol. The molecule has 0 radical (unpaired) electrons. The number of fused-ring (bicyclic) bond motifs is 1. The second-order valence-electron chi connectivity index (χ2n) is 5.94. The molecule has 2 rings (SSSR count). The Morgan fingerprint density at radius 2 is 1.95 bits per heavy atom. The van der Waals surface area contributed by atoms with Crippen LogP contribution in [-0.4, -0.2) is 5.11 Å². The molecule has 1 aromatic heterocycles. The van der Waals surface area contributed by atoms with Gasteiger partial charge >= 0.3 is 0 Å². The van der Waals surface area contributed by atoms with Gasteiger partial charge in [0.25, 0.3) is 0 Å². The highest BCUT2D eigenvalue weighted by Gasteiger charge is 2.19. The monoisotopic (exact) mass is 260 g/mol. The summed E-state index contributed by atoms with van der Waals surface area (Å²) in [6, 6.07) is 8.31. The van der Waals surface area contributed by atoms with Gasteiger partial charge in [0.05, 0.1) is 0 Å². The van der Waals surface area contributed by atoms with E-state index in [0.29, 0.717) is 5.76 Å². The number of aliphatic hydroxyl groups is 1. The van der Waals surface area contributed by atoms with E-state index in [1.165, 1.54) is 5.56 Å². The normalized spacial score (nSPS) is 13.9. The molecule has 1 N–H and O–H groups in total. The Hall–Kier alpha value is -1.28. The fraction of sp³-hybridized carbons (Fsp3) is 0.529. The van der Waals surface area contributed by atoms with Gasteiger partial charge in [-0.1, -0.05) is 40.2 Å². The van der Waals surface area contributed by atoms with Crippen molar-refractivity contribution in [3.8, 4) is 0 Å². The lowest BCUT2D eigenvalue weighted by Crippen LogP contribution is -2.14. The topological polar surface area (TPSA) is 33.4 Å². The van der Waals surface area contributed by atoms with Crippen LogP contribution in [0.2, 0.25) is 0 Å². The maximum absolute atomic E-state index is 10.0. The van der Waals surface area contributed by atoms with Gasteiger partial charge in [0, 0.05) is 5.39 Å². The molecule has 1 heterocycles. The SMILES string of the molecule is CCCC(O)c1cc2cc(C(C)(C)CC)ccc2o1. The minimum absolute atomic E-state index is 0.174. The molecule has 2 heteroatoms. The second kappa shape index (κ2) is 5.38. The molecule has 1 atom stereocenters. The third-order valence-corrected chi connectivity index (χ3v) is 4.09. The fourth-order valence-electron chi connectivity index (χ4n) is 2.27. The lowest BCUT2D eigenvalue weighted by Gasteiger charge is -2.23. The zero-order valence-electron chi connectivity index (χ0n) is 12.4. The summed E-state index contributed by atoms with van der Waals surface area (Å²) in [6.07, 6.45) is 2.31. The number of furan rings is 1. The van der Waals surface area contributed by atoms with Crippen LogP contribution in [0.1, 0.15) is 64.4 Å². The third-order valence-electron chi connectivity index (χ3n) is 4.09. The Bertz CT molecular complexity index is 551. The number of hydrogen-bond donors (Lipinski definition) is 1. The van der Waals surface area contributed by atoms with E-state index in [-0.39, 0.29) is 5.41 Å². The third kappa shape index (κ3) is 2.84. The van der Waals surface area contributed by atoms with Gasteiger partial charge in [-0.15, -0.1) is 0 Å². The number of hydrogen-bond acceptors (Lipinski definition) is 2. The van der Waals surface area contributed by atoms with E-state index in [1.54, 1.807) is 0 Å². The molecule has 2 aromatic rings. The van der Waals surface area contributed by atoms with Gasteiger partial charge < -0.3 is 9.52 Å². The standard InChI is InChI=1S/C17H24O2/c1-5-7-14(18)16-11-12-10-13(17(3,4)6-2)8-9-15(12)19-16/h8-11,14,18H,5-7H2,1-4H3. The summed E-state index contributed by atoms with van der Waals surface area (Å²) in [7, 11) is 0. The molecular formula is C17H24O2. The van der Waals surface area contributed by atoms with Crippen LogP contribution < -0.4 is 0 Å². The molecule has 1 aromatic carbocycles. The highest BCUT2D eigenvalue weighted by molar-refractivity contribution is 5.79. The van der Waals surface area contributed by atoms with E-state index in [9.17, 15) is 5.11 Å². The first-order valence-corrected chi connectivity index (χ1v) is 7.20. The molecule has 104 valence electrons. The lowest BCUT2D eigenvalue weighted by molar-refractivity contribution is 0.141.